The summed E-state index contributed by atoms with van der Waals surface area (Å²) in [5.41, 5.74) is 0. The summed E-state index contributed by atoms with van der Waals surface area (Å²) >= 11 is 0. The summed E-state index contributed by atoms with van der Waals surface area (Å²) in [6.45, 7) is 7.25. The summed E-state index contributed by atoms with van der Waals surface area (Å²) in [4.78, 5) is 0. The summed E-state index contributed by atoms with van der Waals surface area (Å²) in [5.74, 6) is 0.131. The standard InChI is InChI=1S/C12H27N3O4S2/c1-4-14(5-2)20(16,17)10-8-13-21(18,19)15-9-6-7-12(3)11-15/h12-13H,4-11H2,1-3H3. The fraction of sp³-hybridized carbons (Fsp3) is 1.00. The third kappa shape index (κ3) is 5.48. The molecule has 0 amide bonds. The zero-order valence-corrected chi connectivity index (χ0v) is 14.7. The molecule has 1 unspecified atom stereocenters. The largest absolute Gasteiger partial charge is 0.279 e. The normalized spacial score (nSPS) is 21.8. The second kappa shape index (κ2) is 7.87. The smallest absolute Gasteiger partial charge is 0.212 e. The van der Waals surface area contributed by atoms with Crippen LogP contribution in [0.25, 0.3) is 0 Å². The summed E-state index contributed by atoms with van der Waals surface area (Å²) in [7, 11) is -6.98. The van der Waals surface area contributed by atoms with Crippen LogP contribution in [0.15, 0.2) is 0 Å². The third-order valence-corrected chi connectivity index (χ3v) is 7.31. The molecule has 1 rings (SSSR count). The molecule has 0 bridgehead atoms. The molecule has 0 aromatic heterocycles. The van der Waals surface area contributed by atoms with E-state index < -0.39 is 20.2 Å². The zero-order valence-electron chi connectivity index (χ0n) is 13.1. The topological polar surface area (TPSA) is 86.8 Å². The van der Waals surface area contributed by atoms with Crippen molar-refractivity contribution in [2.75, 3.05) is 38.5 Å². The van der Waals surface area contributed by atoms with Crippen LogP contribution in [0.2, 0.25) is 0 Å². The molecular weight excluding hydrogens is 314 g/mol. The Balaban J connectivity index is 2.54. The third-order valence-electron chi connectivity index (χ3n) is 3.70. The first kappa shape index (κ1) is 18.8. The molecule has 1 saturated heterocycles. The fourth-order valence-electron chi connectivity index (χ4n) is 2.50. The van der Waals surface area contributed by atoms with Crippen LogP contribution in [0.1, 0.15) is 33.6 Å². The van der Waals surface area contributed by atoms with Gasteiger partial charge in [-0.3, -0.25) is 0 Å². The zero-order chi connectivity index (χ0) is 16.1. The molecule has 1 heterocycles. The average molecular weight is 341 g/mol. The van der Waals surface area contributed by atoms with Gasteiger partial charge in [0.1, 0.15) is 0 Å². The first-order valence-electron chi connectivity index (χ1n) is 7.45. The van der Waals surface area contributed by atoms with Crippen LogP contribution in [-0.2, 0) is 20.2 Å². The van der Waals surface area contributed by atoms with E-state index in [-0.39, 0.29) is 12.3 Å². The molecule has 0 aliphatic carbocycles. The van der Waals surface area contributed by atoms with Crippen molar-refractivity contribution in [1.29, 1.82) is 0 Å². The van der Waals surface area contributed by atoms with Gasteiger partial charge in [-0.25, -0.2) is 17.4 Å². The highest BCUT2D eigenvalue weighted by atomic mass is 32.2. The fourth-order valence-corrected chi connectivity index (χ4v) is 5.40. The quantitative estimate of drug-likeness (QED) is 0.684. The van der Waals surface area contributed by atoms with E-state index in [4.69, 9.17) is 0 Å². The lowest BCUT2D eigenvalue weighted by Crippen LogP contribution is -2.47. The first-order chi connectivity index (χ1) is 9.73. The molecule has 0 radical (unpaired) electrons. The molecular formula is C12H27N3O4S2. The Bertz CT molecular complexity index is 515. The van der Waals surface area contributed by atoms with Crippen molar-refractivity contribution in [2.24, 2.45) is 5.92 Å². The molecule has 1 aliphatic rings. The summed E-state index contributed by atoms with van der Waals surface area (Å²) in [5, 5.41) is 0. The Morgan fingerprint density at radius 1 is 1.19 bits per heavy atom. The molecule has 0 spiro atoms. The first-order valence-corrected chi connectivity index (χ1v) is 10.5. The molecule has 1 atom stereocenters. The molecule has 0 aromatic carbocycles. The van der Waals surface area contributed by atoms with Gasteiger partial charge in [0.25, 0.3) is 10.2 Å². The molecule has 126 valence electrons. The van der Waals surface area contributed by atoms with E-state index in [0.29, 0.717) is 32.1 Å². The minimum Gasteiger partial charge on any atom is -0.212 e. The second-order valence-corrected chi connectivity index (χ2v) is 9.25. The molecule has 9 heteroatoms. The van der Waals surface area contributed by atoms with E-state index in [1.54, 1.807) is 13.8 Å². The van der Waals surface area contributed by atoms with E-state index in [9.17, 15) is 16.8 Å². The molecule has 1 fully saturated rings. The Morgan fingerprint density at radius 3 is 2.33 bits per heavy atom. The lowest BCUT2D eigenvalue weighted by atomic mass is 10.0. The minimum atomic E-state index is -3.58. The Kier molecular flexibility index (Phi) is 7.05. The number of nitrogens with one attached hydrogen (secondary N) is 1. The Hall–Kier alpha value is -0.220. The van der Waals surface area contributed by atoms with Crippen LogP contribution in [0, 0.1) is 5.92 Å². The highest BCUT2D eigenvalue weighted by molar-refractivity contribution is 7.89. The molecule has 1 N–H and O–H groups in total. The van der Waals surface area contributed by atoms with Crippen LogP contribution >= 0.6 is 0 Å². The van der Waals surface area contributed by atoms with Crippen molar-refractivity contribution in [2.45, 2.75) is 33.6 Å². The van der Waals surface area contributed by atoms with E-state index in [0.717, 1.165) is 12.8 Å². The van der Waals surface area contributed by atoms with Crippen molar-refractivity contribution < 1.29 is 16.8 Å². The number of piperidine rings is 1. The second-order valence-electron chi connectivity index (χ2n) is 5.41. The van der Waals surface area contributed by atoms with Crippen LogP contribution in [0.5, 0.6) is 0 Å². The van der Waals surface area contributed by atoms with Crippen LogP contribution in [0.3, 0.4) is 0 Å². The van der Waals surface area contributed by atoms with Crippen molar-refractivity contribution >= 4 is 20.2 Å². The highest BCUT2D eigenvalue weighted by Gasteiger charge is 2.27. The van der Waals surface area contributed by atoms with Gasteiger partial charge in [0.2, 0.25) is 10.0 Å². The number of rotatable bonds is 8. The number of nitrogens with zero attached hydrogens (tertiary/aromatic N) is 2. The van der Waals surface area contributed by atoms with E-state index in [1.165, 1.54) is 8.61 Å². The summed E-state index contributed by atoms with van der Waals surface area (Å²) in [6.07, 6.45) is 1.88. The Labute approximate surface area is 128 Å². The number of hydrogen-bond acceptors (Lipinski definition) is 4. The molecule has 21 heavy (non-hydrogen) atoms. The maximum atomic E-state index is 12.1. The van der Waals surface area contributed by atoms with Gasteiger partial charge in [-0.1, -0.05) is 20.8 Å². The molecule has 0 aromatic rings. The summed E-state index contributed by atoms with van der Waals surface area (Å²) in [6, 6.07) is 0. The Morgan fingerprint density at radius 2 is 1.81 bits per heavy atom. The number of hydrogen-bond donors (Lipinski definition) is 1. The van der Waals surface area contributed by atoms with Crippen molar-refractivity contribution in [1.82, 2.24) is 13.3 Å². The van der Waals surface area contributed by atoms with Crippen LogP contribution < -0.4 is 4.72 Å². The van der Waals surface area contributed by atoms with Crippen molar-refractivity contribution in [3.8, 4) is 0 Å². The maximum absolute atomic E-state index is 12.1. The van der Waals surface area contributed by atoms with Crippen molar-refractivity contribution in [3.63, 3.8) is 0 Å². The lowest BCUT2D eigenvalue weighted by molar-refractivity contribution is 0.278. The molecule has 7 nitrogen and oxygen atoms in total. The van der Waals surface area contributed by atoms with E-state index in [2.05, 4.69) is 4.72 Å². The molecule has 1 aliphatic heterocycles. The molecule has 0 saturated carbocycles. The lowest BCUT2D eigenvalue weighted by Gasteiger charge is -2.30. The van der Waals surface area contributed by atoms with Gasteiger partial charge < -0.3 is 0 Å². The van der Waals surface area contributed by atoms with Gasteiger partial charge in [0.15, 0.2) is 0 Å². The average Bonchev–Trinajstić information content (AvgIpc) is 2.39. The predicted octanol–water partition coefficient (Wildman–Crippen LogP) is 0.224. The van der Waals surface area contributed by atoms with Gasteiger partial charge in [0, 0.05) is 32.7 Å². The number of sulfonamides is 1. The monoisotopic (exact) mass is 341 g/mol. The van der Waals surface area contributed by atoms with E-state index >= 15 is 0 Å². The van der Waals surface area contributed by atoms with Gasteiger partial charge in [0.05, 0.1) is 5.75 Å². The van der Waals surface area contributed by atoms with Crippen LogP contribution in [0.4, 0.5) is 0 Å². The van der Waals surface area contributed by atoms with Crippen molar-refractivity contribution in [3.05, 3.63) is 0 Å². The van der Waals surface area contributed by atoms with Gasteiger partial charge >= 0.3 is 0 Å². The predicted molar refractivity (Wildman–Crippen MR) is 83.6 cm³/mol. The highest BCUT2D eigenvalue weighted by Crippen LogP contribution is 2.17. The SMILES string of the molecule is CCN(CC)S(=O)(=O)CCNS(=O)(=O)N1CCCC(C)C1. The van der Waals surface area contributed by atoms with Gasteiger partial charge in [-0.2, -0.15) is 12.7 Å². The van der Waals surface area contributed by atoms with Crippen LogP contribution in [-0.4, -0.2) is 63.9 Å². The maximum Gasteiger partial charge on any atom is 0.279 e. The van der Waals surface area contributed by atoms with Gasteiger partial charge in [-0.15, -0.1) is 0 Å². The van der Waals surface area contributed by atoms with Gasteiger partial charge in [-0.05, 0) is 18.8 Å². The van der Waals surface area contributed by atoms with E-state index in [1.807, 2.05) is 6.92 Å². The minimum absolute atomic E-state index is 0.0912. The summed E-state index contributed by atoms with van der Waals surface area (Å²) < 4.78 is 53.4.